The zero-order valence-electron chi connectivity index (χ0n) is 12.0. The van der Waals surface area contributed by atoms with Gasteiger partial charge in [-0.25, -0.2) is 0 Å². The van der Waals surface area contributed by atoms with E-state index < -0.39 is 0 Å². The third-order valence-corrected chi connectivity index (χ3v) is 3.70. The molecule has 1 saturated carbocycles. The van der Waals surface area contributed by atoms with Gasteiger partial charge < -0.3 is 10.6 Å². The van der Waals surface area contributed by atoms with Crippen molar-refractivity contribution in [3.63, 3.8) is 0 Å². The van der Waals surface area contributed by atoms with E-state index in [-0.39, 0.29) is 11.9 Å². The van der Waals surface area contributed by atoms with Crippen LogP contribution in [-0.4, -0.2) is 24.0 Å². The molecule has 4 nitrogen and oxygen atoms in total. The summed E-state index contributed by atoms with van der Waals surface area (Å²) in [6.45, 7) is 4.05. The van der Waals surface area contributed by atoms with Crippen LogP contribution in [0.4, 0.5) is 5.69 Å². The number of amides is 1. The second-order valence-corrected chi connectivity index (χ2v) is 5.38. The van der Waals surface area contributed by atoms with Crippen molar-refractivity contribution in [1.82, 2.24) is 10.3 Å². The van der Waals surface area contributed by atoms with Crippen molar-refractivity contribution in [1.29, 1.82) is 0 Å². The van der Waals surface area contributed by atoms with Gasteiger partial charge in [0.05, 0.1) is 11.3 Å². The highest BCUT2D eigenvalue weighted by molar-refractivity contribution is 5.99. The van der Waals surface area contributed by atoms with E-state index in [0.717, 1.165) is 30.1 Å². The molecule has 0 saturated heterocycles. The van der Waals surface area contributed by atoms with Gasteiger partial charge in [-0.1, -0.05) is 19.8 Å². The number of hydrogen-bond donors (Lipinski definition) is 2. The second-order valence-electron chi connectivity index (χ2n) is 5.38. The van der Waals surface area contributed by atoms with Gasteiger partial charge in [0, 0.05) is 25.0 Å². The van der Waals surface area contributed by atoms with Crippen LogP contribution in [0.15, 0.2) is 12.3 Å². The summed E-state index contributed by atoms with van der Waals surface area (Å²) in [5.41, 5.74) is 2.37. The average Bonchev–Trinajstić information content (AvgIpc) is 3.21. The third kappa shape index (κ3) is 3.69. The van der Waals surface area contributed by atoms with E-state index >= 15 is 0 Å². The van der Waals surface area contributed by atoms with Crippen molar-refractivity contribution in [2.75, 3.05) is 12.4 Å². The lowest BCUT2D eigenvalue weighted by molar-refractivity contribution is 0.0933. The Morgan fingerprint density at radius 2 is 2.26 bits per heavy atom. The Kier molecular flexibility index (Phi) is 4.40. The van der Waals surface area contributed by atoms with Crippen molar-refractivity contribution >= 4 is 11.6 Å². The molecule has 1 fully saturated rings. The minimum absolute atomic E-state index is 0.0237. The van der Waals surface area contributed by atoms with E-state index in [1.54, 1.807) is 6.20 Å². The first-order valence-corrected chi connectivity index (χ1v) is 7.09. The molecule has 1 atom stereocenters. The molecule has 4 heteroatoms. The molecule has 1 unspecified atom stereocenters. The Hall–Kier alpha value is -1.58. The molecule has 1 aromatic rings. The molecule has 0 aliphatic heterocycles. The minimum atomic E-state index is -0.0237. The van der Waals surface area contributed by atoms with Gasteiger partial charge in [0.15, 0.2) is 0 Å². The summed E-state index contributed by atoms with van der Waals surface area (Å²) in [6, 6.07) is 2.18. The van der Waals surface area contributed by atoms with E-state index in [1.807, 2.05) is 20.0 Å². The van der Waals surface area contributed by atoms with Crippen molar-refractivity contribution in [2.24, 2.45) is 5.92 Å². The van der Waals surface area contributed by atoms with Crippen LogP contribution in [0, 0.1) is 12.8 Å². The minimum Gasteiger partial charge on any atom is -0.387 e. The monoisotopic (exact) mass is 261 g/mol. The molecule has 19 heavy (non-hydrogen) atoms. The summed E-state index contributed by atoms with van der Waals surface area (Å²) < 4.78 is 0. The molecule has 1 aliphatic rings. The predicted octanol–water partition coefficient (Wildman–Crippen LogP) is 2.74. The zero-order valence-corrected chi connectivity index (χ0v) is 12.0. The van der Waals surface area contributed by atoms with Crippen LogP contribution in [0.3, 0.4) is 0 Å². The van der Waals surface area contributed by atoms with Crippen LogP contribution in [0.25, 0.3) is 0 Å². The maximum Gasteiger partial charge on any atom is 0.255 e. The van der Waals surface area contributed by atoms with Crippen molar-refractivity contribution in [3.05, 3.63) is 23.5 Å². The lowest BCUT2D eigenvalue weighted by Gasteiger charge is -2.18. The number of anilines is 1. The molecule has 1 heterocycles. The van der Waals surface area contributed by atoms with Gasteiger partial charge in [0.25, 0.3) is 5.91 Å². The van der Waals surface area contributed by atoms with Crippen molar-refractivity contribution < 1.29 is 4.79 Å². The fourth-order valence-corrected chi connectivity index (χ4v) is 2.29. The maximum absolute atomic E-state index is 12.3. The van der Waals surface area contributed by atoms with Gasteiger partial charge in [0.1, 0.15) is 0 Å². The lowest BCUT2D eigenvalue weighted by Crippen LogP contribution is -2.35. The SMILES string of the molecule is CCC(CC1CC1)NC(=O)c1cnc(C)cc1NC. The number of aromatic nitrogens is 1. The van der Waals surface area contributed by atoms with Gasteiger partial charge in [-0.2, -0.15) is 0 Å². The summed E-state index contributed by atoms with van der Waals surface area (Å²) in [5.74, 6) is 0.800. The number of pyridine rings is 1. The summed E-state index contributed by atoms with van der Waals surface area (Å²) in [7, 11) is 1.83. The normalized spacial score (nSPS) is 15.9. The highest BCUT2D eigenvalue weighted by Gasteiger charge is 2.26. The third-order valence-electron chi connectivity index (χ3n) is 3.70. The van der Waals surface area contributed by atoms with Crippen LogP contribution >= 0.6 is 0 Å². The Labute approximate surface area is 115 Å². The van der Waals surface area contributed by atoms with Crippen molar-refractivity contribution in [3.8, 4) is 0 Å². The zero-order chi connectivity index (χ0) is 13.8. The van der Waals surface area contributed by atoms with Crippen LogP contribution in [-0.2, 0) is 0 Å². The van der Waals surface area contributed by atoms with Gasteiger partial charge in [-0.05, 0) is 31.7 Å². The molecule has 0 aromatic carbocycles. The Morgan fingerprint density at radius 3 is 2.84 bits per heavy atom. The first-order valence-electron chi connectivity index (χ1n) is 7.09. The van der Waals surface area contributed by atoms with E-state index in [0.29, 0.717) is 5.56 Å². The molecule has 1 amide bonds. The van der Waals surface area contributed by atoms with Crippen LogP contribution in [0.5, 0.6) is 0 Å². The first kappa shape index (κ1) is 13.8. The number of hydrogen-bond acceptors (Lipinski definition) is 3. The standard InChI is InChI=1S/C15H23N3O/c1-4-12(8-11-5-6-11)18-15(19)13-9-17-10(2)7-14(13)16-3/h7,9,11-12H,4-6,8H2,1-3H3,(H,16,17)(H,18,19). The van der Waals surface area contributed by atoms with E-state index in [1.165, 1.54) is 12.8 Å². The number of nitrogens with one attached hydrogen (secondary N) is 2. The van der Waals surface area contributed by atoms with Crippen LogP contribution in [0.1, 0.15) is 48.7 Å². The van der Waals surface area contributed by atoms with Crippen molar-refractivity contribution in [2.45, 2.75) is 45.6 Å². The van der Waals surface area contributed by atoms with Gasteiger partial charge >= 0.3 is 0 Å². The number of nitrogens with zero attached hydrogens (tertiary/aromatic N) is 1. The lowest BCUT2D eigenvalue weighted by atomic mass is 10.1. The smallest absolute Gasteiger partial charge is 0.255 e. The highest BCUT2D eigenvalue weighted by Crippen LogP contribution is 2.34. The van der Waals surface area contributed by atoms with Crippen LogP contribution in [0.2, 0.25) is 0 Å². The Bertz CT molecular complexity index is 455. The molecule has 1 aliphatic carbocycles. The molecule has 104 valence electrons. The predicted molar refractivity (Wildman–Crippen MR) is 77.4 cm³/mol. The fraction of sp³-hybridized carbons (Fsp3) is 0.600. The van der Waals surface area contributed by atoms with Gasteiger partial charge in [-0.15, -0.1) is 0 Å². The average molecular weight is 261 g/mol. The van der Waals surface area contributed by atoms with E-state index in [2.05, 4.69) is 22.5 Å². The van der Waals surface area contributed by atoms with E-state index in [4.69, 9.17) is 0 Å². The molecule has 0 spiro atoms. The fourth-order valence-electron chi connectivity index (χ4n) is 2.29. The first-order chi connectivity index (χ1) is 9.13. The van der Waals surface area contributed by atoms with E-state index in [9.17, 15) is 4.79 Å². The molecular formula is C15H23N3O. The number of aryl methyl sites for hydroxylation is 1. The molecule has 2 rings (SSSR count). The van der Waals surface area contributed by atoms with Gasteiger partial charge in [-0.3, -0.25) is 9.78 Å². The largest absolute Gasteiger partial charge is 0.387 e. The molecule has 1 aromatic heterocycles. The second kappa shape index (κ2) is 6.04. The highest BCUT2D eigenvalue weighted by atomic mass is 16.1. The topological polar surface area (TPSA) is 54.0 Å². The van der Waals surface area contributed by atoms with Gasteiger partial charge in [0.2, 0.25) is 0 Å². The summed E-state index contributed by atoms with van der Waals surface area (Å²) >= 11 is 0. The number of carbonyl (C=O) groups excluding carboxylic acids is 1. The Morgan fingerprint density at radius 1 is 1.53 bits per heavy atom. The number of rotatable bonds is 6. The molecule has 0 radical (unpaired) electrons. The Balaban J connectivity index is 2.05. The summed E-state index contributed by atoms with van der Waals surface area (Å²) in [6.07, 6.45) is 6.38. The van der Waals surface area contributed by atoms with Crippen LogP contribution < -0.4 is 10.6 Å². The summed E-state index contributed by atoms with van der Waals surface area (Å²) in [5, 5.41) is 6.19. The maximum atomic E-state index is 12.3. The summed E-state index contributed by atoms with van der Waals surface area (Å²) in [4.78, 5) is 16.5. The molecule has 0 bridgehead atoms. The number of carbonyl (C=O) groups is 1. The molecule has 2 N–H and O–H groups in total. The molecular weight excluding hydrogens is 238 g/mol. The quantitative estimate of drug-likeness (QED) is 0.828.